The minimum Gasteiger partial charge on any atom is -0.488 e. The summed E-state index contributed by atoms with van der Waals surface area (Å²) in [6.07, 6.45) is 3.62. The van der Waals surface area contributed by atoms with Crippen LogP contribution in [0, 0.1) is 12.7 Å². The number of carboxylic acid groups (broad SMARTS) is 1. The van der Waals surface area contributed by atoms with Crippen LogP contribution in [-0.4, -0.2) is 38.4 Å². The topological polar surface area (TPSA) is 105 Å². The molecule has 0 bridgehead atoms. The molecule has 3 N–H and O–H groups in total. The first-order valence-electron chi connectivity index (χ1n) is 9.31. The average Bonchev–Trinajstić information content (AvgIpc) is 3.02. The summed E-state index contributed by atoms with van der Waals surface area (Å²) >= 11 is 1.08. The Bertz CT molecular complexity index is 1070. The van der Waals surface area contributed by atoms with Crippen molar-refractivity contribution in [1.82, 2.24) is 9.97 Å². The Morgan fingerprint density at radius 3 is 2.93 bits per heavy atom. The van der Waals surface area contributed by atoms with Gasteiger partial charge in [-0.25, -0.2) is 19.2 Å². The summed E-state index contributed by atoms with van der Waals surface area (Å²) in [7, 11) is 0. The molecule has 0 amide bonds. The number of halogens is 1. The van der Waals surface area contributed by atoms with Gasteiger partial charge in [-0.3, -0.25) is 0 Å². The van der Waals surface area contributed by atoms with Crippen molar-refractivity contribution < 1.29 is 24.1 Å². The molecular formula is C20H20FN3O4S. The molecule has 4 rings (SSSR count). The van der Waals surface area contributed by atoms with Gasteiger partial charge < -0.3 is 20.3 Å². The molecule has 0 saturated heterocycles. The van der Waals surface area contributed by atoms with Crippen LogP contribution in [0.5, 0.6) is 5.75 Å². The largest absolute Gasteiger partial charge is 0.488 e. The molecule has 9 heteroatoms. The lowest BCUT2D eigenvalue weighted by molar-refractivity contribution is 0.0538. The molecular weight excluding hydrogens is 397 g/mol. The van der Waals surface area contributed by atoms with E-state index < -0.39 is 17.9 Å². The number of aryl methyl sites for hydroxylation is 1. The number of carboxylic acids is 1. The molecule has 1 fully saturated rings. The number of hydrogen-bond donors (Lipinski definition) is 3. The van der Waals surface area contributed by atoms with Gasteiger partial charge in [0.25, 0.3) is 0 Å². The van der Waals surface area contributed by atoms with Crippen molar-refractivity contribution in [2.75, 3.05) is 5.32 Å². The summed E-state index contributed by atoms with van der Waals surface area (Å²) in [5.41, 5.74) is 1.08. The molecule has 0 aliphatic heterocycles. The van der Waals surface area contributed by atoms with E-state index in [1.807, 2.05) is 0 Å². The first-order valence-corrected chi connectivity index (χ1v) is 10.1. The van der Waals surface area contributed by atoms with Gasteiger partial charge in [0.1, 0.15) is 39.5 Å². The zero-order valence-corrected chi connectivity index (χ0v) is 16.5. The van der Waals surface area contributed by atoms with Gasteiger partial charge in [-0.2, -0.15) is 0 Å². The maximum Gasteiger partial charge on any atom is 0.346 e. The number of ether oxygens (including phenoxy) is 1. The highest BCUT2D eigenvalue weighted by Crippen LogP contribution is 2.37. The monoisotopic (exact) mass is 417 g/mol. The van der Waals surface area contributed by atoms with Crippen molar-refractivity contribution in [3.05, 3.63) is 40.8 Å². The fourth-order valence-corrected chi connectivity index (χ4v) is 4.59. The number of aliphatic hydroxyl groups excluding tert-OH is 1. The van der Waals surface area contributed by atoms with Crippen LogP contribution in [0.4, 0.5) is 15.9 Å². The number of nitrogens with one attached hydrogen (secondary N) is 1. The van der Waals surface area contributed by atoms with Crippen molar-refractivity contribution in [2.45, 2.75) is 44.8 Å². The summed E-state index contributed by atoms with van der Waals surface area (Å²) in [5, 5.41) is 23.0. The van der Waals surface area contributed by atoms with Gasteiger partial charge in [-0.15, -0.1) is 11.3 Å². The molecule has 2 heterocycles. The Morgan fingerprint density at radius 1 is 1.34 bits per heavy atom. The number of carbonyl (C=O) groups is 1. The second-order valence-electron chi connectivity index (χ2n) is 7.09. The summed E-state index contributed by atoms with van der Waals surface area (Å²) in [4.78, 5) is 20.6. The van der Waals surface area contributed by atoms with E-state index in [0.717, 1.165) is 30.6 Å². The maximum atomic E-state index is 13.9. The van der Waals surface area contributed by atoms with Crippen LogP contribution in [0.3, 0.4) is 0 Å². The molecule has 3 aromatic rings. The molecule has 0 unspecified atom stereocenters. The molecule has 2 aromatic heterocycles. The number of hydrogen-bond acceptors (Lipinski definition) is 7. The van der Waals surface area contributed by atoms with Gasteiger partial charge in [-0.1, -0.05) is 0 Å². The highest BCUT2D eigenvalue weighted by atomic mass is 32.1. The van der Waals surface area contributed by atoms with Crippen LogP contribution in [0.1, 0.15) is 40.9 Å². The summed E-state index contributed by atoms with van der Waals surface area (Å²) in [6.45, 7) is 1.71. The summed E-state index contributed by atoms with van der Waals surface area (Å²) < 4.78 is 19.9. The van der Waals surface area contributed by atoms with E-state index in [1.54, 1.807) is 13.0 Å². The lowest BCUT2D eigenvalue weighted by Crippen LogP contribution is -2.28. The molecule has 152 valence electrons. The third-order valence-corrected chi connectivity index (χ3v) is 6.20. The summed E-state index contributed by atoms with van der Waals surface area (Å²) in [5.74, 6) is -0.702. The van der Waals surface area contributed by atoms with Gasteiger partial charge >= 0.3 is 5.97 Å². The van der Waals surface area contributed by atoms with Crippen LogP contribution in [0.15, 0.2) is 24.5 Å². The van der Waals surface area contributed by atoms with Crippen LogP contribution in [-0.2, 0) is 0 Å². The Kier molecular flexibility index (Phi) is 5.33. The number of aliphatic hydroxyl groups is 1. The Balaban J connectivity index is 1.69. The zero-order valence-electron chi connectivity index (χ0n) is 15.7. The van der Waals surface area contributed by atoms with E-state index in [1.165, 1.54) is 18.5 Å². The molecule has 7 nitrogen and oxygen atoms in total. The molecule has 0 radical (unpaired) electrons. The summed E-state index contributed by atoms with van der Waals surface area (Å²) in [6, 6.07) is 4.16. The van der Waals surface area contributed by atoms with E-state index in [-0.39, 0.29) is 11.0 Å². The lowest BCUT2D eigenvalue weighted by atomic mass is 9.95. The highest BCUT2D eigenvalue weighted by Gasteiger charge is 2.23. The fraction of sp³-hybridized carbons (Fsp3) is 0.350. The first-order chi connectivity index (χ1) is 13.9. The number of fused-ring (bicyclic) bond motifs is 1. The van der Waals surface area contributed by atoms with E-state index in [9.17, 15) is 19.4 Å². The van der Waals surface area contributed by atoms with Crippen molar-refractivity contribution >= 4 is 39.0 Å². The predicted octanol–water partition coefficient (Wildman–Crippen LogP) is 4.26. The van der Waals surface area contributed by atoms with Gasteiger partial charge in [0.2, 0.25) is 0 Å². The Labute approximate surface area is 170 Å². The first kappa shape index (κ1) is 19.5. The normalized spacial score (nSPS) is 19.3. The van der Waals surface area contributed by atoms with Crippen molar-refractivity contribution in [3.63, 3.8) is 0 Å². The minimum atomic E-state index is -1.02. The second-order valence-corrected chi connectivity index (χ2v) is 8.09. The Morgan fingerprint density at radius 2 is 2.17 bits per heavy atom. The van der Waals surface area contributed by atoms with Crippen molar-refractivity contribution in [3.8, 4) is 5.75 Å². The third-order valence-electron chi connectivity index (χ3n) is 5.01. The van der Waals surface area contributed by atoms with Crippen LogP contribution in [0.2, 0.25) is 0 Å². The average molecular weight is 417 g/mol. The molecule has 29 heavy (non-hydrogen) atoms. The maximum absolute atomic E-state index is 13.9. The number of aromatic carboxylic acids is 1. The Hall–Kier alpha value is -2.78. The SMILES string of the molecule is Cc1c(C(=O)O)sc2ncnc(Nc3ccc(F)cc3O[C@H]3CCC[C@H](O)C3)c12. The zero-order chi connectivity index (χ0) is 20.5. The number of benzene rings is 1. The third kappa shape index (κ3) is 4.01. The van der Waals surface area contributed by atoms with E-state index >= 15 is 0 Å². The number of rotatable bonds is 5. The van der Waals surface area contributed by atoms with E-state index in [0.29, 0.717) is 39.5 Å². The molecule has 1 aliphatic carbocycles. The predicted molar refractivity (Wildman–Crippen MR) is 108 cm³/mol. The standard InChI is InChI=1S/C20H20FN3O4S/c1-10-16-18(22-9-23-19(16)29-17(10)20(26)27)24-14-6-5-11(21)7-15(14)28-13-4-2-3-12(25)8-13/h5-7,9,12-13,25H,2-4,8H2,1H3,(H,26,27)(H,22,23,24)/t12-,13-/m0/s1. The molecule has 1 saturated carbocycles. The van der Waals surface area contributed by atoms with Gasteiger partial charge in [0.15, 0.2) is 0 Å². The van der Waals surface area contributed by atoms with Crippen LogP contribution >= 0.6 is 11.3 Å². The fourth-order valence-electron chi connectivity index (χ4n) is 3.60. The van der Waals surface area contributed by atoms with Gasteiger partial charge in [0.05, 0.1) is 17.2 Å². The smallest absolute Gasteiger partial charge is 0.346 e. The second kappa shape index (κ2) is 7.92. The molecule has 2 atom stereocenters. The minimum absolute atomic E-state index is 0.201. The van der Waals surface area contributed by atoms with E-state index in [4.69, 9.17) is 4.74 Å². The number of anilines is 2. The van der Waals surface area contributed by atoms with Gasteiger partial charge in [0, 0.05) is 12.5 Å². The van der Waals surface area contributed by atoms with Crippen molar-refractivity contribution in [2.24, 2.45) is 0 Å². The number of aromatic nitrogens is 2. The molecule has 0 spiro atoms. The number of thiophene rings is 1. The lowest BCUT2D eigenvalue weighted by Gasteiger charge is -2.27. The van der Waals surface area contributed by atoms with Crippen molar-refractivity contribution in [1.29, 1.82) is 0 Å². The molecule has 1 aromatic carbocycles. The van der Waals surface area contributed by atoms with Crippen LogP contribution < -0.4 is 10.1 Å². The van der Waals surface area contributed by atoms with Gasteiger partial charge in [-0.05, 0) is 43.9 Å². The quantitative estimate of drug-likeness (QED) is 0.570. The highest BCUT2D eigenvalue weighted by molar-refractivity contribution is 7.20. The molecule has 1 aliphatic rings. The van der Waals surface area contributed by atoms with E-state index in [2.05, 4.69) is 15.3 Å². The number of nitrogens with zero attached hydrogens (tertiary/aromatic N) is 2. The van der Waals surface area contributed by atoms with Crippen LogP contribution in [0.25, 0.3) is 10.2 Å².